The average Bonchev–Trinajstić information content (AvgIpc) is 3.84. The molecule has 9 aromatic rings. The Morgan fingerprint density at radius 3 is 1.66 bits per heavy atom. The third-order valence-electron chi connectivity index (χ3n) is 11.9. The molecule has 0 fully saturated rings. The minimum absolute atomic E-state index is 0. The number of phenolic OH excluding ortho intramolecular Hbond substituents is 2. The number of nitrogens with zero attached hydrogens (tertiary/aromatic N) is 2. The lowest BCUT2D eigenvalue weighted by molar-refractivity contribution is -0.705. The van der Waals surface area contributed by atoms with Crippen molar-refractivity contribution >= 4 is 97.8 Å². The summed E-state index contributed by atoms with van der Waals surface area (Å²) < 4.78 is 86.6. The molecule has 1 aromatic heterocycles. The molecule has 21 heteroatoms. The molecule has 0 spiro atoms. The van der Waals surface area contributed by atoms with Crippen LogP contribution >= 0.6 is 69.6 Å². The van der Waals surface area contributed by atoms with Crippen LogP contribution in [0.15, 0.2) is 176 Å². The number of benzene rings is 8. The number of carbonyl (C=O) groups excluding carboxylic acids is 1. The molecule has 0 bridgehead atoms. The quantitative estimate of drug-likeness (QED) is 0.0589. The number of aromatic hydroxyl groups is 2. The van der Waals surface area contributed by atoms with E-state index in [4.69, 9.17) is 74.3 Å². The number of phenols is 2. The molecule has 9 rings (SSSR count). The second-order valence-corrected chi connectivity index (χ2v) is 20.1. The van der Waals surface area contributed by atoms with Gasteiger partial charge in [0.2, 0.25) is 6.33 Å². The third-order valence-corrected chi connectivity index (χ3v) is 13.7. The van der Waals surface area contributed by atoms with E-state index < -0.39 is 52.4 Å². The number of fused-ring (bicyclic) bond motifs is 1. The number of ether oxygens (including phenoxy) is 1. The van der Waals surface area contributed by atoms with Gasteiger partial charge in [-0.1, -0.05) is 142 Å². The Morgan fingerprint density at radius 1 is 0.608 bits per heavy atom. The number of nitrogens with one attached hydrogen (secondary N) is 2. The number of rotatable bonds is 11. The highest BCUT2D eigenvalue weighted by Gasteiger charge is 2.33. The van der Waals surface area contributed by atoms with E-state index in [1.165, 1.54) is 10.9 Å². The minimum atomic E-state index is -4.74. The summed E-state index contributed by atoms with van der Waals surface area (Å²) in [7, 11) is 0. The molecule has 0 aliphatic rings. The van der Waals surface area contributed by atoms with Gasteiger partial charge in [-0.25, -0.2) is 13.9 Å². The van der Waals surface area contributed by atoms with Gasteiger partial charge in [0, 0.05) is 52.2 Å². The lowest BCUT2D eigenvalue weighted by atomic mass is 9.98. The number of amides is 2. The second kappa shape index (κ2) is 27.2. The molecule has 0 radical (unpaired) electrons. The van der Waals surface area contributed by atoms with E-state index in [-0.39, 0.29) is 24.6 Å². The Labute approximate surface area is 487 Å². The normalized spacial score (nSPS) is 11.7. The van der Waals surface area contributed by atoms with Crippen molar-refractivity contribution in [2.24, 2.45) is 0 Å². The van der Waals surface area contributed by atoms with Gasteiger partial charge in [-0.15, -0.1) is 0 Å². The predicted octanol–water partition coefficient (Wildman–Crippen LogP) is 15.5. The van der Waals surface area contributed by atoms with Crippen LogP contribution in [0, 0.1) is 13.8 Å². The molecule has 0 saturated carbocycles. The lowest BCUT2D eigenvalue weighted by Crippen LogP contribution is -3.00. The Bertz CT molecular complexity index is 3390. The number of alkyl halides is 6. The largest absolute Gasteiger partial charge is 1.00 e. The van der Waals surface area contributed by atoms with Gasteiger partial charge in [0.05, 0.1) is 29.1 Å². The van der Waals surface area contributed by atoms with Gasteiger partial charge < -0.3 is 38.0 Å². The van der Waals surface area contributed by atoms with Gasteiger partial charge in [0.25, 0.3) is 0 Å². The number of imidazole rings is 1. The van der Waals surface area contributed by atoms with E-state index in [1.807, 2.05) is 133 Å². The molecule has 2 amide bonds. The maximum Gasteiger partial charge on any atom is 0.416 e. The molecule has 4 N–H and O–H groups in total. The molecule has 1 atom stereocenters. The fourth-order valence-electron chi connectivity index (χ4n) is 7.98. The topological polar surface area (TPSA) is 99.6 Å². The maximum absolute atomic E-state index is 12.6. The monoisotopic (exact) mass is 1220 g/mol. The molecule has 1 heterocycles. The Hall–Kier alpha value is -6.33. The van der Waals surface area contributed by atoms with Gasteiger partial charge in [0.15, 0.2) is 6.04 Å². The zero-order valence-corrected chi connectivity index (χ0v) is 46.6. The summed E-state index contributed by atoms with van der Waals surface area (Å²) in [5.41, 5.74) is 2.76. The van der Waals surface area contributed by atoms with E-state index in [0.717, 1.165) is 38.2 Å². The van der Waals surface area contributed by atoms with Crippen LogP contribution in [0.25, 0.3) is 10.8 Å². The highest BCUT2D eigenvalue weighted by molar-refractivity contribution is 6.36. The Morgan fingerprint density at radius 2 is 1.14 bits per heavy atom. The molecule has 412 valence electrons. The van der Waals surface area contributed by atoms with Crippen molar-refractivity contribution in [1.29, 1.82) is 0 Å². The number of aryl methyl sites for hydroxylation is 2. The zero-order valence-electron chi connectivity index (χ0n) is 41.3. The van der Waals surface area contributed by atoms with Crippen LogP contribution in [-0.4, -0.2) is 20.8 Å². The number of hydrogen-bond acceptors (Lipinski definition) is 4. The van der Waals surface area contributed by atoms with Crippen molar-refractivity contribution in [2.75, 3.05) is 10.6 Å². The van der Waals surface area contributed by atoms with Gasteiger partial charge in [-0.05, 0) is 121 Å². The predicted molar refractivity (Wildman–Crippen MR) is 298 cm³/mol. The van der Waals surface area contributed by atoms with Crippen molar-refractivity contribution < 1.29 is 63.1 Å². The molecular formula is C58H45Cl7F6N4O4. The van der Waals surface area contributed by atoms with Crippen LogP contribution in [0.2, 0.25) is 30.1 Å². The van der Waals surface area contributed by atoms with E-state index in [0.29, 0.717) is 74.7 Å². The van der Waals surface area contributed by atoms with Crippen LogP contribution in [0.5, 0.6) is 11.5 Å². The summed E-state index contributed by atoms with van der Waals surface area (Å²) >= 11 is 37.7. The van der Waals surface area contributed by atoms with Crippen LogP contribution in [0.4, 0.5) is 42.5 Å². The maximum atomic E-state index is 12.6. The highest BCUT2D eigenvalue weighted by atomic mass is 35.5. The number of hydrogen-bond donors (Lipinski definition) is 4. The van der Waals surface area contributed by atoms with E-state index in [2.05, 4.69) is 34.5 Å². The number of aromatic nitrogens is 2. The fourth-order valence-corrected chi connectivity index (χ4v) is 9.29. The third kappa shape index (κ3) is 16.9. The van der Waals surface area contributed by atoms with Gasteiger partial charge in [0.1, 0.15) is 36.5 Å². The van der Waals surface area contributed by atoms with Crippen molar-refractivity contribution in [3.05, 3.63) is 251 Å². The first-order chi connectivity index (χ1) is 36.9. The summed E-state index contributed by atoms with van der Waals surface area (Å²) in [5.74, 6) is -1.39. The Balaban J connectivity index is 0.000000220. The van der Waals surface area contributed by atoms with Gasteiger partial charge >= 0.3 is 18.4 Å². The van der Waals surface area contributed by atoms with Crippen LogP contribution in [-0.2, 0) is 30.2 Å². The second-order valence-electron chi connectivity index (χ2n) is 17.6. The molecule has 0 aliphatic carbocycles. The zero-order chi connectivity index (χ0) is 56.5. The summed E-state index contributed by atoms with van der Waals surface area (Å²) in [6.45, 7) is 4.96. The molecular weight excluding hydrogens is 1180 g/mol. The van der Waals surface area contributed by atoms with E-state index in [9.17, 15) is 41.4 Å². The minimum Gasteiger partial charge on any atom is -1.00 e. The molecule has 0 aliphatic heterocycles. The number of urea groups is 1. The van der Waals surface area contributed by atoms with E-state index >= 15 is 0 Å². The summed E-state index contributed by atoms with van der Waals surface area (Å²) in [6.07, 6.45) is -3.69. The van der Waals surface area contributed by atoms with Crippen LogP contribution in [0.1, 0.15) is 56.7 Å². The summed E-state index contributed by atoms with van der Waals surface area (Å²) in [6, 6.07) is 41.4. The standard InChI is InChI=1S/C32H26Cl5N2O.C15H10F6N2O3.C11H9Cl.ClH/c1-21-2-3-24(29(36)16-21)19-40-31(28-13-12-27(35)17-30(28)37)18-38-14-15-39(20-38)32(22-4-8-25(33)9-5-22)23-6-10-26(34)11-7-23;16-14(17,18)7-1-3-11(24)9(5-7)22-13(26)23-10-6-8(15(19,20)21)2-4-12(10)25;1-8-4-2-6-10-9(8)5-3-7-11(10)12;/h2-17,20,31-32H,18-19H2,1H3;1-6,24-25H,(H2,22,23,26);2-7H,1H3;1H/q+1;;;/p-1. The molecule has 1 unspecified atom stereocenters. The molecule has 0 saturated heterocycles. The lowest BCUT2D eigenvalue weighted by Gasteiger charge is -2.19. The van der Waals surface area contributed by atoms with E-state index in [1.54, 1.807) is 6.07 Å². The van der Waals surface area contributed by atoms with Gasteiger partial charge in [-0.3, -0.25) is 0 Å². The first kappa shape index (κ1) is 61.9. The molecule has 8 nitrogen and oxygen atoms in total. The first-order valence-corrected chi connectivity index (χ1v) is 25.6. The van der Waals surface area contributed by atoms with Crippen molar-refractivity contribution in [1.82, 2.24) is 4.57 Å². The average molecular weight is 1220 g/mol. The van der Waals surface area contributed by atoms with Crippen molar-refractivity contribution in [3.8, 4) is 11.5 Å². The summed E-state index contributed by atoms with van der Waals surface area (Å²) in [4.78, 5) is 11.8. The number of halogens is 13. The van der Waals surface area contributed by atoms with Gasteiger partial charge in [-0.2, -0.15) is 26.3 Å². The van der Waals surface area contributed by atoms with Crippen molar-refractivity contribution in [2.45, 2.75) is 51.5 Å². The fraction of sp³-hybridized carbons (Fsp3) is 0.138. The smallest absolute Gasteiger partial charge is 0.416 e. The first-order valence-electron chi connectivity index (χ1n) is 23.3. The van der Waals surface area contributed by atoms with Crippen LogP contribution < -0.4 is 27.6 Å². The van der Waals surface area contributed by atoms with Crippen molar-refractivity contribution in [3.63, 3.8) is 0 Å². The number of carbonyl (C=O) groups is 1. The summed E-state index contributed by atoms with van der Waals surface area (Å²) in [5, 5.41) is 29.1. The van der Waals surface area contributed by atoms with Crippen LogP contribution in [0.3, 0.4) is 0 Å². The molecule has 8 aromatic carbocycles. The molecule has 79 heavy (non-hydrogen) atoms. The highest BCUT2D eigenvalue weighted by Crippen LogP contribution is 2.38. The SMILES string of the molecule is Cc1ccc(COC(C[n+]2ccn(C(c3ccc(Cl)cc3)c3ccc(Cl)cc3)c2)c2ccc(Cl)cc2Cl)c(Cl)c1.Cc1cccc2c(Cl)cccc12.O=C(Nc1cc(C(F)(F)F)ccc1O)Nc1cc(C(F)(F)F)ccc1O.[Cl-]. The number of anilines is 2. The Kier molecular flexibility index (Phi) is 21.3.